The largest absolute Gasteiger partial charge is 0.351 e. The van der Waals surface area contributed by atoms with Crippen LogP contribution in [0.4, 0.5) is 5.69 Å². The molecule has 1 aromatic carbocycles. The predicted molar refractivity (Wildman–Crippen MR) is 97.8 cm³/mol. The molecule has 0 saturated carbocycles. The van der Waals surface area contributed by atoms with Crippen LogP contribution in [0.15, 0.2) is 40.6 Å². The van der Waals surface area contributed by atoms with E-state index >= 15 is 0 Å². The highest BCUT2D eigenvalue weighted by atomic mass is 32.2. The molecule has 0 atom stereocenters. The molecule has 2 rings (SSSR count). The number of carbonyl (C=O) groups excluding carboxylic acids is 1. The Kier molecular flexibility index (Phi) is 5.35. The number of nitrogens with one attached hydrogen (secondary N) is 2. The van der Waals surface area contributed by atoms with Gasteiger partial charge in [-0.15, -0.1) is 11.3 Å². The first-order valence-electron chi connectivity index (χ1n) is 7.54. The van der Waals surface area contributed by atoms with Gasteiger partial charge in [0.1, 0.15) is 4.21 Å². The topological polar surface area (TPSA) is 75.3 Å². The Morgan fingerprint density at radius 2 is 1.71 bits per heavy atom. The molecule has 7 heteroatoms. The van der Waals surface area contributed by atoms with Gasteiger partial charge in [0.25, 0.3) is 10.0 Å². The molecule has 0 radical (unpaired) electrons. The van der Waals surface area contributed by atoms with Gasteiger partial charge in [-0.05, 0) is 35.2 Å². The Balaban J connectivity index is 2.12. The van der Waals surface area contributed by atoms with Crippen molar-refractivity contribution in [3.8, 4) is 0 Å². The van der Waals surface area contributed by atoms with E-state index in [1.54, 1.807) is 24.3 Å². The van der Waals surface area contributed by atoms with Crippen molar-refractivity contribution < 1.29 is 13.2 Å². The molecule has 0 unspecified atom stereocenters. The average Bonchev–Trinajstić information content (AvgIpc) is 2.94. The Morgan fingerprint density at radius 3 is 2.25 bits per heavy atom. The summed E-state index contributed by atoms with van der Waals surface area (Å²) in [6.07, 6.45) is 0. The molecule has 24 heavy (non-hydrogen) atoms. The van der Waals surface area contributed by atoms with Crippen LogP contribution in [0, 0.1) is 0 Å². The van der Waals surface area contributed by atoms with Gasteiger partial charge in [0, 0.05) is 17.5 Å². The van der Waals surface area contributed by atoms with Crippen LogP contribution >= 0.6 is 11.3 Å². The van der Waals surface area contributed by atoms with Gasteiger partial charge in [0.05, 0.1) is 6.54 Å². The third kappa shape index (κ3) is 4.82. The summed E-state index contributed by atoms with van der Waals surface area (Å²) in [6, 6.07) is 10.6. The molecule has 2 N–H and O–H groups in total. The maximum atomic E-state index is 12.4. The van der Waals surface area contributed by atoms with Gasteiger partial charge < -0.3 is 5.32 Å². The van der Waals surface area contributed by atoms with Gasteiger partial charge in [-0.3, -0.25) is 9.52 Å². The number of rotatable bonds is 5. The van der Waals surface area contributed by atoms with Crippen LogP contribution in [-0.2, 0) is 26.8 Å². The fourth-order valence-electron chi connectivity index (χ4n) is 2.05. The van der Waals surface area contributed by atoms with Crippen LogP contribution < -0.4 is 10.0 Å². The van der Waals surface area contributed by atoms with Crippen LogP contribution in [-0.4, -0.2) is 14.3 Å². The number of amides is 1. The minimum Gasteiger partial charge on any atom is -0.351 e. The third-order valence-electron chi connectivity index (χ3n) is 3.42. The third-order valence-corrected chi connectivity index (χ3v) is 6.37. The van der Waals surface area contributed by atoms with Crippen molar-refractivity contribution in [3.63, 3.8) is 0 Å². The lowest BCUT2D eigenvalue weighted by Gasteiger charge is -2.19. The van der Waals surface area contributed by atoms with Crippen molar-refractivity contribution in [1.29, 1.82) is 0 Å². The van der Waals surface area contributed by atoms with E-state index in [1.807, 2.05) is 12.1 Å². The molecule has 1 amide bonds. The summed E-state index contributed by atoms with van der Waals surface area (Å²) in [5.41, 5.74) is 1.68. The molecule has 0 aliphatic carbocycles. The van der Waals surface area contributed by atoms with E-state index in [0.717, 1.165) is 21.8 Å². The summed E-state index contributed by atoms with van der Waals surface area (Å²) in [5.74, 6) is -0.148. The van der Waals surface area contributed by atoms with Crippen LogP contribution in [0.2, 0.25) is 0 Å². The van der Waals surface area contributed by atoms with Crippen molar-refractivity contribution in [3.05, 3.63) is 46.8 Å². The zero-order valence-electron chi connectivity index (χ0n) is 14.2. The van der Waals surface area contributed by atoms with Crippen molar-refractivity contribution in [2.75, 3.05) is 4.72 Å². The smallest absolute Gasteiger partial charge is 0.271 e. The second-order valence-electron chi connectivity index (χ2n) is 6.56. The maximum absolute atomic E-state index is 12.4. The molecule has 0 bridgehead atoms. The summed E-state index contributed by atoms with van der Waals surface area (Å²) >= 11 is 1.14. The summed E-state index contributed by atoms with van der Waals surface area (Å²) in [5, 5.41) is 2.65. The predicted octanol–water partition coefficient (Wildman–Crippen LogP) is 3.48. The Hall–Kier alpha value is -1.86. The fraction of sp³-hybridized carbons (Fsp3) is 0.353. The van der Waals surface area contributed by atoms with E-state index in [9.17, 15) is 13.2 Å². The molecule has 1 aromatic heterocycles. The minimum atomic E-state index is -3.62. The van der Waals surface area contributed by atoms with Gasteiger partial charge in [-0.2, -0.15) is 0 Å². The molecule has 5 nitrogen and oxygen atoms in total. The number of hydrogen-bond donors (Lipinski definition) is 2. The van der Waals surface area contributed by atoms with Crippen molar-refractivity contribution >= 4 is 33.0 Å². The first-order valence-corrected chi connectivity index (χ1v) is 9.84. The Bertz CT molecular complexity index is 816. The Labute approximate surface area is 147 Å². The monoisotopic (exact) mass is 366 g/mol. The van der Waals surface area contributed by atoms with Crippen LogP contribution in [0.25, 0.3) is 0 Å². The van der Waals surface area contributed by atoms with E-state index in [0.29, 0.717) is 12.2 Å². The first kappa shape index (κ1) is 18.5. The molecule has 0 spiro atoms. The zero-order valence-corrected chi connectivity index (χ0v) is 15.8. The molecular formula is C17H22N2O3S2. The molecule has 130 valence electrons. The zero-order chi connectivity index (χ0) is 18.0. The average molecular weight is 367 g/mol. The second kappa shape index (κ2) is 6.94. The summed E-state index contributed by atoms with van der Waals surface area (Å²) in [6.45, 7) is 8.07. The standard InChI is InChI=1S/C17H22N2O3S2/c1-12(20)18-11-15-9-10-16(23-15)24(21,22)19-14-7-5-13(6-8-14)17(2,3)4/h5-10,19H,11H2,1-4H3,(H,18,20). The normalized spacial score (nSPS) is 12.0. The van der Waals surface area contributed by atoms with Gasteiger partial charge in [-0.25, -0.2) is 8.42 Å². The molecule has 0 fully saturated rings. The number of hydrogen-bond acceptors (Lipinski definition) is 4. The van der Waals surface area contributed by atoms with E-state index in [4.69, 9.17) is 0 Å². The Morgan fingerprint density at radius 1 is 1.08 bits per heavy atom. The number of thiophene rings is 1. The van der Waals surface area contributed by atoms with Gasteiger partial charge in [0.15, 0.2) is 0 Å². The second-order valence-corrected chi connectivity index (χ2v) is 9.64. The molecule has 0 aliphatic heterocycles. The van der Waals surface area contributed by atoms with Gasteiger partial charge >= 0.3 is 0 Å². The maximum Gasteiger partial charge on any atom is 0.271 e. The lowest BCUT2D eigenvalue weighted by Crippen LogP contribution is -2.18. The minimum absolute atomic E-state index is 0.0176. The highest BCUT2D eigenvalue weighted by Gasteiger charge is 2.18. The van der Waals surface area contributed by atoms with Crippen molar-refractivity contribution in [2.45, 2.75) is 43.9 Å². The molecule has 1 heterocycles. The van der Waals surface area contributed by atoms with Crippen LogP contribution in [0.1, 0.15) is 38.1 Å². The van der Waals surface area contributed by atoms with E-state index < -0.39 is 10.0 Å². The highest BCUT2D eigenvalue weighted by molar-refractivity contribution is 7.94. The summed E-state index contributed by atoms with van der Waals surface area (Å²) in [4.78, 5) is 11.7. The lowest BCUT2D eigenvalue weighted by atomic mass is 9.87. The number of carbonyl (C=O) groups is 1. The fourth-order valence-corrected chi connectivity index (χ4v) is 4.41. The van der Waals surface area contributed by atoms with Gasteiger partial charge in [-0.1, -0.05) is 32.9 Å². The molecule has 0 saturated heterocycles. The van der Waals surface area contributed by atoms with E-state index in [2.05, 4.69) is 30.8 Å². The van der Waals surface area contributed by atoms with Crippen molar-refractivity contribution in [1.82, 2.24) is 5.32 Å². The molecular weight excluding hydrogens is 344 g/mol. The lowest BCUT2D eigenvalue weighted by molar-refractivity contribution is -0.119. The molecule has 2 aromatic rings. The first-order chi connectivity index (χ1) is 11.1. The highest BCUT2D eigenvalue weighted by Crippen LogP contribution is 2.26. The van der Waals surface area contributed by atoms with Gasteiger partial charge in [0.2, 0.25) is 5.91 Å². The van der Waals surface area contributed by atoms with E-state index in [1.165, 1.54) is 6.92 Å². The SMILES string of the molecule is CC(=O)NCc1ccc(S(=O)(=O)Nc2ccc(C(C)(C)C)cc2)s1. The summed E-state index contributed by atoms with van der Waals surface area (Å²) in [7, 11) is -3.62. The van der Waals surface area contributed by atoms with Crippen molar-refractivity contribution in [2.24, 2.45) is 0 Å². The summed E-state index contributed by atoms with van der Waals surface area (Å²) < 4.78 is 27.7. The van der Waals surface area contributed by atoms with Crippen LogP contribution in [0.3, 0.4) is 0 Å². The van der Waals surface area contributed by atoms with E-state index in [-0.39, 0.29) is 15.5 Å². The molecule has 0 aliphatic rings. The quantitative estimate of drug-likeness (QED) is 0.851. The van der Waals surface area contributed by atoms with Crippen LogP contribution in [0.5, 0.6) is 0 Å². The number of anilines is 1. The number of sulfonamides is 1. The number of benzene rings is 1.